The number of nitrogens with zero attached hydrogens (tertiary/aromatic N) is 4. The maximum absolute atomic E-state index is 13.6. The minimum Gasteiger partial charge on any atom is -0.297 e. The number of rotatable bonds is 2. The van der Waals surface area contributed by atoms with Gasteiger partial charge in [0.15, 0.2) is 0 Å². The Balaban J connectivity index is 2.09. The fraction of sp³-hybridized carbons (Fsp3) is 0.167. The third-order valence-corrected chi connectivity index (χ3v) is 3.10. The van der Waals surface area contributed by atoms with Gasteiger partial charge in [-0.3, -0.25) is 19.2 Å². The Kier molecular flexibility index (Phi) is 2.60. The van der Waals surface area contributed by atoms with Crippen LogP contribution in [0.3, 0.4) is 0 Å². The van der Waals surface area contributed by atoms with E-state index in [9.17, 15) is 18.4 Å². The maximum Gasteiger partial charge on any atom is 0.300 e. The number of hydrogen-bond acceptors (Lipinski definition) is 4. The highest BCUT2D eigenvalue weighted by molar-refractivity contribution is 6.52. The summed E-state index contributed by atoms with van der Waals surface area (Å²) in [5, 5.41) is 3.83. The number of fused-ring (bicyclic) bond motifs is 1. The summed E-state index contributed by atoms with van der Waals surface area (Å²) >= 11 is 0. The lowest BCUT2D eigenvalue weighted by Gasteiger charge is -2.15. The van der Waals surface area contributed by atoms with E-state index in [4.69, 9.17) is 0 Å². The van der Waals surface area contributed by atoms with Crippen molar-refractivity contribution < 1.29 is 18.4 Å². The average Bonchev–Trinajstić information content (AvgIpc) is 2.87. The second-order valence-corrected chi connectivity index (χ2v) is 4.30. The van der Waals surface area contributed by atoms with Gasteiger partial charge in [0.25, 0.3) is 11.7 Å². The summed E-state index contributed by atoms with van der Waals surface area (Å²) in [6.07, 6.45) is 1.28. The second-order valence-electron chi connectivity index (χ2n) is 4.30. The molecule has 102 valence electrons. The average molecular weight is 278 g/mol. The lowest BCUT2D eigenvalue weighted by Crippen LogP contribution is -2.30. The number of anilines is 1. The molecule has 0 saturated heterocycles. The third kappa shape index (κ3) is 1.68. The summed E-state index contributed by atoms with van der Waals surface area (Å²) < 4.78 is 28.3. The van der Waals surface area contributed by atoms with Crippen LogP contribution >= 0.6 is 0 Å². The smallest absolute Gasteiger partial charge is 0.297 e. The standard InChI is InChI=1S/C12H8F2N4O2/c1-17-9(15-5-16-17)4-18-8-3-6(13)2-7(14)10(8)11(19)12(18)20/h2-3,5H,4H2,1H3. The van der Waals surface area contributed by atoms with Gasteiger partial charge >= 0.3 is 0 Å². The van der Waals surface area contributed by atoms with E-state index in [1.165, 1.54) is 11.0 Å². The highest BCUT2D eigenvalue weighted by atomic mass is 19.1. The van der Waals surface area contributed by atoms with Crippen LogP contribution in [0.15, 0.2) is 18.5 Å². The highest BCUT2D eigenvalue weighted by Crippen LogP contribution is 2.32. The molecule has 0 radical (unpaired) electrons. The maximum atomic E-state index is 13.6. The monoisotopic (exact) mass is 278 g/mol. The van der Waals surface area contributed by atoms with Crippen LogP contribution < -0.4 is 4.90 Å². The van der Waals surface area contributed by atoms with Gasteiger partial charge in [0.1, 0.15) is 23.8 Å². The first-order valence-corrected chi connectivity index (χ1v) is 5.67. The van der Waals surface area contributed by atoms with Gasteiger partial charge in [0.05, 0.1) is 17.8 Å². The van der Waals surface area contributed by atoms with Gasteiger partial charge < -0.3 is 0 Å². The van der Waals surface area contributed by atoms with Crippen molar-refractivity contribution >= 4 is 17.4 Å². The molecule has 1 aromatic heterocycles. The van der Waals surface area contributed by atoms with Gasteiger partial charge in [-0.15, -0.1) is 0 Å². The number of benzene rings is 1. The van der Waals surface area contributed by atoms with Gasteiger partial charge in [0, 0.05) is 13.1 Å². The number of hydrogen-bond donors (Lipinski definition) is 0. The first-order valence-electron chi connectivity index (χ1n) is 5.67. The molecule has 2 aromatic rings. The number of halogens is 2. The summed E-state index contributed by atoms with van der Waals surface area (Å²) in [5.74, 6) is -3.40. The minimum absolute atomic E-state index is 0.0829. The van der Waals surface area contributed by atoms with E-state index >= 15 is 0 Å². The topological polar surface area (TPSA) is 68.1 Å². The Morgan fingerprint density at radius 2 is 2.00 bits per heavy atom. The quantitative estimate of drug-likeness (QED) is 0.763. The molecule has 0 spiro atoms. The van der Waals surface area contributed by atoms with Crippen molar-refractivity contribution in [3.05, 3.63) is 41.5 Å². The van der Waals surface area contributed by atoms with Crippen molar-refractivity contribution in [2.45, 2.75) is 6.54 Å². The van der Waals surface area contributed by atoms with Gasteiger partial charge in [0.2, 0.25) is 0 Å². The predicted molar refractivity (Wildman–Crippen MR) is 62.9 cm³/mol. The van der Waals surface area contributed by atoms with E-state index in [1.807, 2.05) is 0 Å². The minimum atomic E-state index is -1.04. The van der Waals surface area contributed by atoms with Gasteiger partial charge in [-0.2, -0.15) is 5.10 Å². The number of ketones is 1. The molecule has 3 rings (SSSR count). The Morgan fingerprint density at radius 3 is 2.65 bits per heavy atom. The second kappa shape index (κ2) is 4.19. The first kappa shape index (κ1) is 12.4. The van der Waals surface area contributed by atoms with Gasteiger partial charge in [-0.05, 0) is 6.07 Å². The number of aromatic nitrogens is 3. The highest BCUT2D eigenvalue weighted by Gasteiger charge is 2.39. The van der Waals surface area contributed by atoms with Crippen LogP contribution in [0.2, 0.25) is 0 Å². The zero-order valence-electron chi connectivity index (χ0n) is 10.3. The van der Waals surface area contributed by atoms with Crippen molar-refractivity contribution in [1.29, 1.82) is 0 Å². The fourth-order valence-electron chi connectivity index (χ4n) is 2.10. The number of aryl methyl sites for hydroxylation is 1. The van der Waals surface area contributed by atoms with E-state index in [0.29, 0.717) is 11.9 Å². The molecule has 8 heteroatoms. The Morgan fingerprint density at radius 1 is 1.25 bits per heavy atom. The van der Waals surface area contributed by atoms with Crippen LogP contribution in [0.25, 0.3) is 0 Å². The molecule has 1 aliphatic rings. The third-order valence-electron chi connectivity index (χ3n) is 3.10. The molecule has 20 heavy (non-hydrogen) atoms. The van der Waals surface area contributed by atoms with Gasteiger partial charge in [-0.1, -0.05) is 0 Å². The molecule has 6 nitrogen and oxygen atoms in total. The van der Waals surface area contributed by atoms with Crippen LogP contribution in [0.5, 0.6) is 0 Å². The molecular weight excluding hydrogens is 270 g/mol. The summed E-state index contributed by atoms with van der Waals surface area (Å²) in [7, 11) is 1.61. The predicted octanol–water partition coefficient (Wildman–Crippen LogP) is 0.823. The largest absolute Gasteiger partial charge is 0.300 e. The summed E-state index contributed by atoms with van der Waals surface area (Å²) in [6.45, 7) is -0.0863. The van der Waals surface area contributed by atoms with Crippen LogP contribution in [-0.4, -0.2) is 26.5 Å². The number of Topliss-reactive ketones (excluding diaryl/α,β-unsaturated/α-hetero) is 1. The van der Waals surface area contributed by atoms with Crippen molar-refractivity contribution in [2.24, 2.45) is 7.05 Å². The SMILES string of the molecule is Cn1ncnc1CN1C(=O)C(=O)c2c(F)cc(F)cc21. The lowest BCUT2D eigenvalue weighted by molar-refractivity contribution is -0.114. The van der Waals surface area contributed by atoms with Gasteiger partial charge in [-0.25, -0.2) is 13.8 Å². The van der Waals surface area contributed by atoms with E-state index in [2.05, 4.69) is 10.1 Å². The molecule has 1 amide bonds. The van der Waals surface area contributed by atoms with Crippen molar-refractivity contribution in [1.82, 2.24) is 14.8 Å². The molecule has 0 atom stereocenters. The lowest BCUT2D eigenvalue weighted by atomic mass is 10.1. The zero-order valence-corrected chi connectivity index (χ0v) is 10.3. The van der Waals surface area contributed by atoms with Crippen molar-refractivity contribution in [2.75, 3.05) is 4.90 Å². The zero-order chi connectivity index (χ0) is 14.4. The number of carbonyl (C=O) groups excluding carboxylic acids is 2. The Hall–Kier alpha value is -2.64. The molecular formula is C12H8F2N4O2. The molecule has 0 unspecified atom stereocenters. The summed E-state index contributed by atoms with van der Waals surface area (Å²) in [5.41, 5.74) is -0.487. The van der Waals surface area contributed by atoms with Crippen molar-refractivity contribution in [3.8, 4) is 0 Å². The molecule has 0 aliphatic carbocycles. The molecule has 0 fully saturated rings. The summed E-state index contributed by atoms with van der Waals surface area (Å²) in [6, 6.07) is 1.54. The molecule has 0 N–H and O–H groups in total. The van der Waals surface area contributed by atoms with E-state index in [0.717, 1.165) is 11.0 Å². The van der Waals surface area contributed by atoms with Crippen molar-refractivity contribution in [3.63, 3.8) is 0 Å². The van der Waals surface area contributed by atoms with E-state index in [-0.39, 0.29) is 12.2 Å². The molecule has 2 heterocycles. The first-order chi connectivity index (χ1) is 9.49. The Labute approximate surface area is 111 Å². The van der Waals surface area contributed by atoms with Crippen LogP contribution in [0.1, 0.15) is 16.2 Å². The number of amides is 1. The molecule has 1 aromatic carbocycles. The normalized spacial score (nSPS) is 14.1. The fourth-order valence-corrected chi connectivity index (χ4v) is 2.10. The van der Waals surface area contributed by atoms with E-state index in [1.54, 1.807) is 7.05 Å². The van der Waals surface area contributed by atoms with Crippen LogP contribution in [0.4, 0.5) is 14.5 Å². The molecule has 0 bridgehead atoms. The molecule has 1 aliphatic heterocycles. The number of carbonyl (C=O) groups is 2. The van der Waals surface area contributed by atoms with Crippen LogP contribution in [0, 0.1) is 11.6 Å². The molecule has 0 saturated carbocycles. The Bertz CT molecular complexity index is 741. The summed E-state index contributed by atoms with van der Waals surface area (Å²) in [4.78, 5) is 28.6. The van der Waals surface area contributed by atoms with E-state index < -0.39 is 28.9 Å². The van der Waals surface area contributed by atoms with Crippen LogP contribution in [-0.2, 0) is 18.4 Å².